The zero-order chi connectivity index (χ0) is 11.3. The number of benzene rings is 1. The van der Waals surface area contributed by atoms with Gasteiger partial charge < -0.3 is 11.5 Å². The van der Waals surface area contributed by atoms with Gasteiger partial charge in [-0.2, -0.15) is 0 Å². The highest BCUT2D eigenvalue weighted by atomic mass is 35.5. The lowest BCUT2D eigenvalue weighted by Crippen LogP contribution is -2.11. The van der Waals surface area contributed by atoms with Crippen LogP contribution in [-0.2, 0) is 0 Å². The summed E-state index contributed by atoms with van der Waals surface area (Å²) in [7, 11) is 0. The van der Waals surface area contributed by atoms with Crippen molar-refractivity contribution in [3.8, 4) is 0 Å². The molecule has 0 radical (unpaired) electrons. The molecule has 1 atom stereocenters. The molecule has 1 aromatic rings. The van der Waals surface area contributed by atoms with E-state index in [1.165, 1.54) is 0 Å². The monoisotopic (exact) mass is 262 g/mol. The molecule has 1 aromatic carbocycles. The van der Waals surface area contributed by atoms with Crippen molar-refractivity contribution in [1.82, 2.24) is 0 Å². The van der Waals surface area contributed by atoms with E-state index >= 15 is 0 Å². The summed E-state index contributed by atoms with van der Waals surface area (Å²) >= 11 is 5.95. The van der Waals surface area contributed by atoms with Gasteiger partial charge in [-0.15, -0.1) is 12.4 Å². The number of hydrogen-bond acceptors (Lipinski definition) is 2. The molecule has 0 fully saturated rings. The highest BCUT2D eigenvalue weighted by molar-refractivity contribution is 6.31. The van der Waals surface area contributed by atoms with E-state index in [0.29, 0.717) is 0 Å². The van der Waals surface area contributed by atoms with Crippen LogP contribution in [0.3, 0.4) is 0 Å². The lowest BCUT2D eigenvalue weighted by molar-refractivity contribution is 0.591. The first kappa shape index (κ1) is 15.7. The Balaban J connectivity index is 0.00000225. The van der Waals surface area contributed by atoms with Gasteiger partial charge >= 0.3 is 0 Å². The summed E-state index contributed by atoms with van der Waals surface area (Å²) in [5.41, 5.74) is 13.8. The minimum absolute atomic E-state index is 0. The van der Waals surface area contributed by atoms with Gasteiger partial charge in [0.1, 0.15) is 0 Å². The molecule has 4 heteroatoms. The summed E-state index contributed by atoms with van der Waals surface area (Å²) in [5, 5.41) is 0.799. The first-order valence-electron chi connectivity index (χ1n) is 5.37. The average Bonchev–Trinajstić information content (AvgIpc) is 2.22. The maximum Gasteiger partial charge on any atom is 0.0435 e. The van der Waals surface area contributed by atoms with Gasteiger partial charge in [0.25, 0.3) is 0 Å². The molecule has 0 aliphatic rings. The number of unbranched alkanes of at least 4 members (excludes halogenated alkanes) is 1. The van der Waals surface area contributed by atoms with Crippen LogP contribution in [-0.4, -0.2) is 6.54 Å². The molecule has 0 aromatic heterocycles. The third-order valence-corrected chi connectivity index (χ3v) is 3.00. The molecular formula is C12H20Cl2N2. The molecule has 0 saturated heterocycles. The number of halogens is 2. The smallest absolute Gasteiger partial charge is 0.0435 e. The van der Waals surface area contributed by atoms with E-state index in [9.17, 15) is 0 Å². The lowest BCUT2D eigenvalue weighted by Gasteiger charge is -2.12. The van der Waals surface area contributed by atoms with Gasteiger partial charge in [0.05, 0.1) is 0 Å². The van der Waals surface area contributed by atoms with E-state index in [0.717, 1.165) is 42.0 Å². The summed E-state index contributed by atoms with van der Waals surface area (Å²) in [6.45, 7) is 2.74. The minimum Gasteiger partial charge on any atom is -0.330 e. The second-order valence-corrected chi connectivity index (χ2v) is 4.31. The Morgan fingerprint density at radius 3 is 2.56 bits per heavy atom. The lowest BCUT2D eigenvalue weighted by atomic mass is 10.0. The van der Waals surface area contributed by atoms with Crippen LogP contribution < -0.4 is 11.5 Å². The van der Waals surface area contributed by atoms with Crippen LogP contribution in [0.15, 0.2) is 18.2 Å². The van der Waals surface area contributed by atoms with Crippen LogP contribution in [0.25, 0.3) is 0 Å². The predicted octanol–water partition coefficient (Wildman–Crippen LogP) is 3.20. The van der Waals surface area contributed by atoms with E-state index < -0.39 is 0 Å². The van der Waals surface area contributed by atoms with Gasteiger partial charge in [0, 0.05) is 11.1 Å². The molecule has 2 nitrogen and oxygen atoms in total. The molecule has 0 amide bonds. The number of nitrogens with two attached hydrogens (primary N) is 2. The Labute approximate surface area is 109 Å². The fourth-order valence-corrected chi connectivity index (χ4v) is 1.69. The van der Waals surface area contributed by atoms with Crippen LogP contribution in [0.4, 0.5) is 0 Å². The maximum absolute atomic E-state index is 6.07. The van der Waals surface area contributed by atoms with E-state index in [1.807, 2.05) is 19.1 Å². The molecule has 16 heavy (non-hydrogen) atoms. The van der Waals surface area contributed by atoms with Gasteiger partial charge in [0.15, 0.2) is 0 Å². The Kier molecular flexibility index (Phi) is 7.77. The second kappa shape index (κ2) is 7.91. The topological polar surface area (TPSA) is 52.0 Å². The molecule has 0 saturated carbocycles. The Hall–Kier alpha value is -0.280. The SMILES string of the molecule is Cc1cc([C@@H](N)CCCCN)ccc1Cl.Cl. The van der Waals surface area contributed by atoms with Crippen molar-refractivity contribution < 1.29 is 0 Å². The summed E-state index contributed by atoms with van der Waals surface area (Å²) in [5.74, 6) is 0. The first-order valence-corrected chi connectivity index (χ1v) is 5.74. The van der Waals surface area contributed by atoms with Crippen LogP contribution in [0.2, 0.25) is 5.02 Å². The van der Waals surface area contributed by atoms with Crippen molar-refractivity contribution >= 4 is 24.0 Å². The van der Waals surface area contributed by atoms with Crippen molar-refractivity contribution in [3.05, 3.63) is 34.3 Å². The van der Waals surface area contributed by atoms with Gasteiger partial charge in [-0.3, -0.25) is 0 Å². The predicted molar refractivity (Wildman–Crippen MR) is 73.3 cm³/mol. The Morgan fingerprint density at radius 2 is 2.00 bits per heavy atom. The fraction of sp³-hybridized carbons (Fsp3) is 0.500. The molecular weight excluding hydrogens is 243 g/mol. The molecule has 0 bridgehead atoms. The summed E-state index contributed by atoms with van der Waals surface area (Å²) in [6, 6.07) is 6.08. The van der Waals surface area contributed by atoms with Gasteiger partial charge in [0.2, 0.25) is 0 Å². The number of hydrogen-bond donors (Lipinski definition) is 2. The quantitative estimate of drug-likeness (QED) is 0.801. The van der Waals surface area contributed by atoms with Gasteiger partial charge in [-0.1, -0.05) is 30.2 Å². The molecule has 92 valence electrons. The van der Waals surface area contributed by atoms with E-state index in [-0.39, 0.29) is 18.4 Å². The van der Waals surface area contributed by atoms with Crippen LogP contribution in [0.5, 0.6) is 0 Å². The van der Waals surface area contributed by atoms with Crippen molar-refractivity contribution in [2.75, 3.05) is 6.54 Å². The summed E-state index contributed by atoms with van der Waals surface area (Å²) in [6.07, 6.45) is 3.11. The molecule has 4 N–H and O–H groups in total. The largest absolute Gasteiger partial charge is 0.330 e. The highest BCUT2D eigenvalue weighted by Crippen LogP contribution is 2.22. The van der Waals surface area contributed by atoms with Crippen LogP contribution in [0, 0.1) is 6.92 Å². The molecule has 0 aliphatic carbocycles. The fourth-order valence-electron chi connectivity index (χ4n) is 1.57. The normalized spacial score (nSPS) is 12.0. The standard InChI is InChI=1S/C12H19ClN2.ClH/c1-9-8-10(5-6-11(9)13)12(15)4-2-3-7-14;/h5-6,8,12H,2-4,7,14-15H2,1H3;1H/t12-;/m0./s1. The third kappa shape index (κ3) is 4.71. The Bertz CT molecular complexity index is 316. The minimum atomic E-state index is 0. The Morgan fingerprint density at radius 1 is 1.31 bits per heavy atom. The van der Waals surface area contributed by atoms with E-state index in [2.05, 4.69) is 6.07 Å². The van der Waals surface area contributed by atoms with Crippen LogP contribution >= 0.6 is 24.0 Å². The van der Waals surface area contributed by atoms with Crippen molar-refractivity contribution in [2.24, 2.45) is 11.5 Å². The zero-order valence-corrected chi connectivity index (χ0v) is 11.2. The van der Waals surface area contributed by atoms with Gasteiger partial charge in [-0.05, 0) is 43.5 Å². The third-order valence-electron chi connectivity index (χ3n) is 2.58. The van der Waals surface area contributed by atoms with E-state index in [1.54, 1.807) is 0 Å². The molecule has 1 rings (SSSR count). The number of aryl methyl sites for hydroxylation is 1. The molecule has 0 unspecified atom stereocenters. The van der Waals surface area contributed by atoms with Crippen molar-refractivity contribution in [3.63, 3.8) is 0 Å². The highest BCUT2D eigenvalue weighted by Gasteiger charge is 2.06. The molecule has 0 aliphatic heterocycles. The van der Waals surface area contributed by atoms with Crippen molar-refractivity contribution in [2.45, 2.75) is 32.2 Å². The second-order valence-electron chi connectivity index (χ2n) is 3.90. The zero-order valence-electron chi connectivity index (χ0n) is 9.58. The molecule has 0 heterocycles. The van der Waals surface area contributed by atoms with Crippen molar-refractivity contribution in [1.29, 1.82) is 0 Å². The van der Waals surface area contributed by atoms with Crippen LogP contribution in [0.1, 0.15) is 36.4 Å². The van der Waals surface area contributed by atoms with Gasteiger partial charge in [-0.25, -0.2) is 0 Å². The summed E-state index contributed by atoms with van der Waals surface area (Å²) < 4.78 is 0. The number of rotatable bonds is 5. The molecule has 0 spiro atoms. The first-order chi connectivity index (χ1) is 7.15. The maximum atomic E-state index is 6.07. The average molecular weight is 263 g/mol. The van der Waals surface area contributed by atoms with E-state index in [4.69, 9.17) is 23.1 Å². The summed E-state index contributed by atoms with van der Waals surface area (Å²) in [4.78, 5) is 0.